The van der Waals surface area contributed by atoms with E-state index >= 15 is 0 Å². The third-order valence-electron chi connectivity index (χ3n) is 5.46. The zero-order valence-electron chi connectivity index (χ0n) is 20.9. The van der Waals surface area contributed by atoms with E-state index in [9.17, 15) is 13.2 Å². The van der Waals surface area contributed by atoms with Gasteiger partial charge in [0.15, 0.2) is 5.03 Å². The maximum absolute atomic E-state index is 12.9. The van der Waals surface area contributed by atoms with Gasteiger partial charge in [-0.25, -0.2) is 4.72 Å². The fourth-order valence-corrected chi connectivity index (χ4v) is 5.05. The van der Waals surface area contributed by atoms with Gasteiger partial charge in [-0.1, -0.05) is 45.4 Å². The topological polar surface area (TPSA) is 84.3 Å². The first-order chi connectivity index (χ1) is 14.6. The number of nitrogens with zero attached hydrogens (tertiary/aromatic N) is 3. The van der Waals surface area contributed by atoms with Gasteiger partial charge in [0.25, 0.3) is 10.0 Å². The molecule has 0 aliphatic rings. The van der Waals surface area contributed by atoms with Crippen molar-refractivity contribution in [3.63, 3.8) is 0 Å². The lowest BCUT2D eigenvalue weighted by Gasteiger charge is -2.28. The molecule has 2 aromatic rings. The molecule has 1 amide bonds. The van der Waals surface area contributed by atoms with Gasteiger partial charge in [-0.15, -0.1) is 0 Å². The Morgan fingerprint density at radius 1 is 1.12 bits per heavy atom. The molecule has 0 fully saturated rings. The highest BCUT2D eigenvalue weighted by molar-refractivity contribution is 7.90. The van der Waals surface area contributed by atoms with Crippen molar-refractivity contribution in [1.29, 1.82) is 0 Å². The molecule has 0 spiro atoms. The fraction of sp³-hybridized carbons (Fsp3) is 0.583. The Morgan fingerprint density at radius 2 is 1.66 bits per heavy atom. The maximum Gasteiger partial charge on any atom is 0.283 e. The number of rotatable bonds is 9. The second-order valence-electron chi connectivity index (χ2n) is 10.1. The van der Waals surface area contributed by atoms with Gasteiger partial charge in [-0.2, -0.15) is 13.5 Å². The van der Waals surface area contributed by atoms with E-state index in [2.05, 4.69) is 49.6 Å². The zero-order chi connectivity index (χ0) is 24.4. The van der Waals surface area contributed by atoms with Crippen molar-refractivity contribution in [2.75, 3.05) is 20.6 Å². The van der Waals surface area contributed by atoms with Crippen molar-refractivity contribution in [1.82, 2.24) is 19.4 Å². The number of benzene rings is 1. The summed E-state index contributed by atoms with van der Waals surface area (Å²) in [5.74, 6) is -0.109. The van der Waals surface area contributed by atoms with Gasteiger partial charge in [0, 0.05) is 12.7 Å². The van der Waals surface area contributed by atoms with Crippen LogP contribution < -0.4 is 4.72 Å². The Bertz CT molecular complexity index is 1040. The van der Waals surface area contributed by atoms with Gasteiger partial charge < -0.3 is 4.90 Å². The quantitative estimate of drug-likeness (QED) is 0.613. The molecule has 32 heavy (non-hydrogen) atoms. The molecule has 8 heteroatoms. The average molecular weight is 463 g/mol. The Kier molecular flexibility index (Phi) is 7.94. The highest BCUT2D eigenvalue weighted by Crippen LogP contribution is 2.30. The summed E-state index contributed by atoms with van der Waals surface area (Å²) in [5, 5.41) is 4.10. The summed E-state index contributed by atoms with van der Waals surface area (Å²) in [6.45, 7) is 15.0. The van der Waals surface area contributed by atoms with Crippen LogP contribution in [0.5, 0.6) is 0 Å². The molecule has 1 aromatic heterocycles. The molecule has 7 nitrogen and oxygen atoms in total. The zero-order valence-corrected chi connectivity index (χ0v) is 21.7. The molecule has 0 bridgehead atoms. The first kappa shape index (κ1) is 26.1. The largest absolute Gasteiger partial charge is 0.307 e. The molecule has 2 rings (SSSR count). The summed E-state index contributed by atoms with van der Waals surface area (Å²) >= 11 is 0. The maximum atomic E-state index is 12.9. The van der Waals surface area contributed by atoms with Gasteiger partial charge in [0.05, 0.1) is 12.0 Å². The van der Waals surface area contributed by atoms with Crippen LogP contribution in [-0.4, -0.2) is 49.6 Å². The number of sulfonamides is 1. The van der Waals surface area contributed by atoms with Crippen LogP contribution in [0.15, 0.2) is 29.4 Å². The predicted molar refractivity (Wildman–Crippen MR) is 128 cm³/mol. The van der Waals surface area contributed by atoms with E-state index in [0.29, 0.717) is 6.54 Å². The van der Waals surface area contributed by atoms with Crippen LogP contribution in [0.4, 0.5) is 0 Å². The number of carbonyl (C=O) groups is 1. The molecule has 1 aromatic carbocycles. The summed E-state index contributed by atoms with van der Waals surface area (Å²) in [6, 6.07) is 5.60. The van der Waals surface area contributed by atoms with Crippen LogP contribution in [0.2, 0.25) is 0 Å². The Hall–Kier alpha value is -2.19. The standard InChI is InChI=1S/C24H38N4O3S/c1-16(2)19-12-18(5)13-20(17(3)4)21(19)14-22(29)26-32(30,31)23-10-11-28(25-23)24(6,7)15-27(8)9/h10-13,16-17H,14-15H2,1-9H3,(H,26,29). The van der Waals surface area contributed by atoms with Crippen molar-refractivity contribution in [3.05, 3.63) is 46.6 Å². The molecule has 0 saturated heterocycles. The van der Waals surface area contributed by atoms with E-state index in [1.54, 1.807) is 10.9 Å². The van der Waals surface area contributed by atoms with Crippen molar-refractivity contribution < 1.29 is 13.2 Å². The van der Waals surface area contributed by atoms with Crippen molar-refractivity contribution in [3.8, 4) is 0 Å². The molecule has 0 aliphatic carbocycles. The van der Waals surface area contributed by atoms with Crippen LogP contribution in [0.1, 0.15) is 75.6 Å². The van der Waals surface area contributed by atoms with Crippen LogP contribution in [0, 0.1) is 6.92 Å². The molecule has 0 radical (unpaired) electrons. The number of amides is 1. The Morgan fingerprint density at radius 3 is 2.12 bits per heavy atom. The number of aryl methyl sites for hydroxylation is 1. The minimum atomic E-state index is -4.07. The third-order valence-corrected chi connectivity index (χ3v) is 6.72. The number of hydrogen-bond acceptors (Lipinski definition) is 5. The first-order valence-electron chi connectivity index (χ1n) is 11.0. The average Bonchev–Trinajstić information content (AvgIpc) is 3.13. The monoisotopic (exact) mass is 462 g/mol. The van der Waals surface area contributed by atoms with Gasteiger partial charge in [0.1, 0.15) is 0 Å². The molecular weight excluding hydrogens is 424 g/mol. The fourth-order valence-electron chi connectivity index (χ4n) is 4.14. The number of aromatic nitrogens is 2. The summed E-state index contributed by atoms with van der Waals surface area (Å²) in [4.78, 5) is 14.9. The van der Waals surface area contributed by atoms with Gasteiger partial charge in [-0.3, -0.25) is 9.48 Å². The van der Waals surface area contributed by atoms with Crippen molar-refractivity contribution in [2.45, 2.75) is 77.3 Å². The summed E-state index contributed by atoms with van der Waals surface area (Å²) in [5.41, 5.74) is 3.81. The number of likely N-dealkylation sites (N-methyl/N-ethyl adjacent to an activating group) is 1. The highest BCUT2D eigenvalue weighted by atomic mass is 32.2. The third kappa shape index (κ3) is 6.19. The van der Waals surface area contributed by atoms with E-state index in [-0.39, 0.29) is 23.3 Å². The molecular formula is C24H38N4O3S. The molecule has 1 heterocycles. The number of nitrogens with one attached hydrogen (secondary N) is 1. The van der Waals surface area contributed by atoms with Crippen LogP contribution in [0.3, 0.4) is 0 Å². The van der Waals surface area contributed by atoms with E-state index in [4.69, 9.17) is 0 Å². The first-order valence-corrected chi connectivity index (χ1v) is 12.5. The normalized spacial score (nSPS) is 12.8. The second-order valence-corrected chi connectivity index (χ2v) is 11.7. The molecule has 0 aliphatic heterocycles. The second kappa shape index (κ2) is 9.75. The molecule has 0 unspecified atom stereocenters. The molecule has 0 atom stereocenters. The van der Waals surface area contributed by atoms with E-state index < -0.39 is 21.5 Å². The Labute approximate surface area is 193 Å². The lowest BCUT2D eigenvalue weighted by molar-refractivity contribution is -0.118. The molecule has 178 valence electrons. The lowest BCUT2D eigenvalue weighted by Crippen LogP contribution is -2.38. The van der Waals surface area contributed by atoms with Crippen LogP contribution in [-0.2, 0) is 26.8 Å². The summed E-state index contributed by atoms with van der Waals surface area (Å²) in [7, 11) is -0.168. The SMILES string of the molecule is Cc1cc(C(C)C)c(CC(=O)NS(=O)(=O)c2ccn(C(C)(C)CN(C)C)n2)c(C(C)C)c1. The van der Waals surface area contributed by atoms with E-state index in [1.807, 2.05) is 39.8 Å². The number of carbonyl (C=O) groups excluding carboxylic acids is 1. The van der Waals surface area contributed by atoms with Crippen molar-refractivity contribution in [2.24, 2.45) is 0 Å². The predicted octanol–water partition coefficient (Wildman–Crippen LogP) is 3.78. The highest BCUT2D eigenvalue weighted by Gasteiger charge is 2.27. The molecule has 0 saturated carbocycles. The molecule has 1 N–H and O–H groups in total. The lowest BCUT2D eigenvalue weighted by atomic mass is 9.85. The van der Waals surface area contributed by atoms with Crippen molar-refractivity contribution >= 4 is 15.9 Å². The smallest absolute Gasteiger partial charge is 0.283 e. The Balaban J connectivity index is 2.29. The number of hydrogen-bond donors (Lipinski definition) is 1. The van der Waals surface area contributed by atoms with Gasteiger partial charge in [0.2, 0.25) is 5.91 Å². The summed E-state index contributed by atoms with van der Waals surface area (Å²) < 4.78 is 29.6. The van der Waals surface area contributed by atoms with Gasteiger partial charge >= 0.3 is 0 Å². The minimum Gasteiger partial charge on any atom is -0.307 e. The van der Waals surface area contributed by atoms with E-state index in [0.717, 1.165) is 22.3 Å². The van der Waals surface area contributed by atoms with Crippen LogP contribution >= 0.6 is 0 Å². The van der Waals surface area contributed by atoms with Gasteiger partial charge in [-0.05, 0) is 69.5 Å². The summed E-state index contributed by atoms with van der Waals surface area (Å²) in [6.07, 6.45) is 1.64. The minimum absolute atomic E-state index is 0.00731. The van der Waals surface area contributed by atoms with Crippen LogP contribution in [0.25, 0.3) is 0 Å². The van der Waals surface area contributed by atoms with E-state index in [1.165, 1.54) is 6.07 Å².